The molecule has 1 unspecified atom stereocenters. The van der Waals surface area contributed by atoms with E-state index >= 15 is 0 Å². The molecule has 0 amide bonds. The van der Waals surface area contributed by atoms with Crippen LogP contribution in [0.1, 0.15) is 47.2 Å². The number of halogens is 4. The zero-order chi connectivity index (χ0) is 24.7. The molecular weight excluding hydrogens is 462 g/mol. The predicted molar refractivity (Wildman–Crippen MR) is 121 cm³/mol. The summed E-state index contributed by atoms with van der Waals surface area (Å²) in [5.41, 5.74) is 1.87. The third-order valence-corrected chi connectivity index (χ3v) is 6.00. The number of methoxy groups -OCH3 is 1. The van der Waals surface area contributed by atoms with E-state index in [1.54, 1.807) is 33.9 Å². The van der Waals surface area contributed by atoms with E-state index in [0.717, 1.165) is 17.8 Å². The molecule has 0 aliphatic carbocycles. The monoisotopic (exact) mass is 483 g/mol. The second kappa shape index (κ2) is 9.01. The highest BCUT2D eigenvalue weighted by Crippen LogP contribution is 2.34. The van der Waals surface area contributed by atoms with Gasteiger partial charge in [0.05, 0.1) is 24.8 Å². The second-order valence-corrected chi connectivity index (χ2v) is 8.35. The summed E-state index contributed by atoms with van der Waals surface area (Å²) in [7, 11) is 1.50. The zero-order valence-electron chi connectivity index (χ0n) is 19.0. The van der Waals surface area contributed by atoms with Crippen LogP contribution < -0.4 is 4.74 Å². The SMILES string of the molecule is COc1cc(C=Cc2nc3n(n2)CCCC3c2cc(F)c(F)c(F)c2)c(F)cc1-n1cnc(C)c1. The van der Waals surface area contributed by atoms with Crippen LogP contribution in [0, 0.1) is 30.2 Å². The van der Waals surface area contributed by atoms with Crippen LogP contribution in [0.4, 0.5) is 17.6 Å². The average Bonchev–Trinajstić information content (AvgIpc) is 3.46. The van der Waals surface area contributed by atoms with Gasteiger partial charge >= 0.3 is 0 Å². The van der Waals surface area contributed by atoms with E-state index in [0.29, 0.717) is 48.0 Å². The van der Waals surface area contributed by atoms with Gasteiger partial charge in [0.15, 0.2) is 23.3 Å². The summed E-state index contributed by atoms with van der Waals surface area (Å²) in [6, 6.07) is 4.92. The lowest BCUT2D eigenvalue weighted by Gasteiger charge is -2.22. The third kappa shape index (κ3) is 4.31. The molecule has 1 atom stereocenters. The van der Waals surface area contributed by atoms with E-state index in [-0.39, 0.29) is 5.56 Å². The molecule has 0 bridgehead atoms. The van der Waals surface area contributed by atoms with Crippen molar-refractivity contribution < 1.29 is 22.3 Å². The number of ether oxygens (including phenoxy) is 1. The van der Waals surface area contributed by atoms with Gasteiger partial charge in [0.1, 0.15) is 17.4 Å². The Morgan fingerprint density at radius 2 is 1.80 bits per heavy atom. The number of imidazole rings is 1. The minimum absolute atomic E-state index is 0.273. The van der Waals surface area contributed by atoms with Crippen LogP contribution in [0.5, 0.6) is 5.75 Å². The molecule has 0 N–H and O–H groups in total. The Morgan fingerprint density at radius 1 is 1.03 bits per heavy atom. The smallest absolute Gasteiger partial charge is 0.194 e. The Morgan fingerprint density at radius 3 is 2.49 bits per heavy atom. The molecule has 10 heteroatoms. The molecule has 1 aliphatic heterocycles. The van der Waals surface area contributed by atoms with E-state index in [1.807, 2.05) is 6.92 Å². The van der Waals surface area contributed by atoms with Crippen LogP contribution in [-0.4, -0.2) is 31.4 Å². The Bertz CT molecular complexity index is 1420. The highest BCUT2D eigenvalue weighted by molar-refractivity contribution is 5.69. The van der Waals surface area contributed by atoms with Crippen LogP contribution in [0.2, 0.25) is 0 Å². The molecule has 5 rings (SSSR count). The summed E-state index contributed by atoms with van der Waals surface area (Å²) < 4.78 is 64.7. The first-order chi connectivity index (χ1) is 16.8. The zero-order valence-corrected chi connectivity index (χ0v) is 19.0. The molecule has 4 aromatic rings. The number of rotatable bonds is 5. The van der Waals surface area contributed by atoms with Gasteiger partial charge in [-0.15, -0.1) is 0 Å². The summed E-state index contributed by atoms with van der Waals surface area (Å²) in [5, 5.41) is 4.44. The van der Waals surface area contributed by atoms with Crippen LogP contribution in [0.25, 0.3) is 17.8 Å². The number of aryl methyl sites for hydroxylation is 2. The molecule has 0 radical (unpaired) electrons. The molecule has 0 spiro atoms. The van der Waals surface area contributed by atoms with E-state index in [2.05, 4.69) is 15.1 Å². The second-order valence-electron chi connectivity index (χ2n) is 8.35. The molecule has 2 aromatic heterocycles. The van der Waals surface area contributed by atoms with Crippen molar-refractivity contribution in [1.29, 1.82) is 0 Å². The Labute approximate surface area is 198 Å². The summed E-state index contributed by atoms with van der Waals surface area (Å²) in [4.78, 5) is 8.67. The molecule has 6 nitrogen and oxygen atoms in total. The summed E-state index contributed by atoms with van der Waals surface area (Å²) >= 11 is 0. The summed E-state index contributed by atoms with van der Waals surface area (Å²) in [6.07, 6.45) is 7.75. The maximum absolute atomic E-state index is 14.9. The number of hydrogen-bond acceptors (Lipinski definition) is 4. The number of benzene rings is 2. The first kappa shape index (κ1) is 22.8. The fraction of sp³-hybridized carbons (Fsp3) is 0.240. The van der Waals surface area contributed by atoms with E-state index in [4.69, 9.17) is 4.74 Å². The van der Waals surface area contributed by atoms with Gasteiger partial charge in [-0.2, -0.15) is 5.10 Å². The molecule has 0 saturated heterocycles. The quantitative estimate of drug-likeness (QED) is 0.281. The average molecular weight is 483 g/mol. The minimum Gasteiger partial charge on any atom is -0.495 e. The van der Waals surface area contributed by atoms with Gasteiger partial charge in [-0.05, 0) is 55.7 Å². The first-order valence-corrected chi connectivity index (χ1v) is 11.0. The highest BCUT2D eigenvalue weighted by atomic mass is 19.2. The lowest BCUT2D eigenvalue weighted by atomic mass is 9.91. The normalized spacial score (nSPS) is 15.5. The standard InChI is InChI=1S/C25H21F4N5O/c1-14-12-33(13-30-14)21-11-18(26)15(10-22(21)35-2)5-6-23-31-25-17(4-3-7-34(25)32-23)16-8-19(27)24(29)20(28)9-16/h5-6,8-13,17H,3-4,7H2,1-2H3. The topological polar surface area (TPSA) is 57.8 Å². The van der Waals surface area contributed by atoms with Crippen molar-refractivity contribution in [3.05, 3.63) is 88.5 Å². The third-order valence-electron chi connectivity index (χ3n) is 6.00. The maximum atomic E-state index is 14.9. The van der Waals surface area contributed by atoms with Gasteiger partial charge in [-0.3, -0.25) is 0 Å². The Balaban J connectivity index is 1.45. The molecule has 35 heavy (non-hydrogen) atoms. The van der Waals surface area contributed by atoms with E-state index in [9.17, 15) is 17.6 Å². The van der Waals surface area contributed by atoms with Crippen molar-refractivity contribution in [3.8, 4) is 11.4 Å². The van der Waals surface area contributed by atoms with E-state index in [1.165, 1.54) is 19.3 Å². The Kier molecular flexibility index (Phi) is 5.88. The van der Waals surface area contributed by atoms with Crippen molar-refractivity contribution in [3.63, 3.8) is 0 Å². The summed E-state index contributed by atoms with van der Waals surface area (Å²) in [6.45, 7) is 2.42. The van der Waals surface area contributed by atoms with Gasteiger partial charge in [-0.25, -0.2) is 32.2 Å². The van der Waals surface area contributed by atoms with Gasteiger partial charge < -0.3 is 9.30 Å². The highest BCUT2D eigenvalue weighted by Gasteiger charge is 2.27. The predicted octanol–water partition coefficient (Wildman–Crippen LogP) is 5.43. The number of nitrogens with zero attached hydrogens (tertiary/aromatic N) is 5. The first-order valence-electron chi connectivity index (χ1n) is 11.0. The molecule has 0 fully saturated rings. The number of fused-ring (bicyclic) bond motifs is 1. The molecule has 1 aliphatic rings. The maximum Gasteiger partial charge on any atom is 0.194 e. The van der Waals surface area contributed by atoms with Crippen LogP contribution in [0.3, 0.4) is 0 Å². The van der Waals surface area contributed by atoms with Crippen molar-refractivity contribution in [1.82, 2.24) is 24.3 Å². The van der Waals surface area contributed by atoms with Crippen LogP contribution in [0.15, 0.2) is 36.8 Å². The minimum atomic E-state index is -1.50. The van der Waals surface area contributed by atoms with Crippen molar-refractivity contribution in [2.24, 2.45) is 0 Å². The van der Waals surface area contributed by atoms with Gasteiger partial charge in [0.25, 0.3) is 0 Å². The lowest BCUT2D eigenvalue weighted by molar-refractivity contribution is 0.411. The number of hydrogen-bond donors (Lipinski definition) is 0. The lowest BCUT2D eigenvalue weighted by Crippen LogP contribution is -2.18. The van der Waals surface area contributed by atoms with Crippen LogP contribution in [-0.2, 0) is 6.54 Å². The molecule has 3 heterocycles. The fourth-order valence-corrected chi connectivity index (χ4v) is 4.30. The summed E-state index contributed by atoms with van der Waals surface area (Å²) in [5.74, 6) is -3.58. The van der Waals surface area contributed by atoms with Crippen molar-refractivity contribution in [2.75, 3.05) is 7.11 Å². The van der Waals surface area contributed by atoms with Crippen molar-refractivity contribution in [2.45, 2.75) is 32.2 Å². The van der Waals surface area contributed by atoms with E-state index < -0.39 is 29.2 Å². The van der Waals surface area contributed by atoms with Crippen molar-refractivity contribution >= 4 is 12.2 Å². The molecule has 180 valence electrons. The molecule has 0 saturated carbocycles. The van der Waals surface area contributed by atoms with Gasteiger partial charge in [0, 0.05) is 30.3 Å². The van der Waals surface area contributed by atoms with Crippen LogP contribution >= 0.6 is 0 Å². The largest absolute Gasteiger partial charge is 0.495 e. The number of aromatic nitrogens is 5. The van der Waals surface area contributed by atoms with Gasteiger partial charge in [-0.1, -0.05) is 0 Å². The van der Waals surface area contributed by atoms with Gasteiger partial charge in [0.2, 0.25) is 0 Å². The Hall–Kier alpha value is -3.95. The molecular formula is C25H21F4N5O. The fourth-order valence-electron chi connectivity index (χ4n) is 4.30. The molecule has 2 aromatic carbocycles.